The Bertz CT molecular complexity index is 780. The van der Waals surface area contributed by atoms with Crippen molar-refractivity contribution in [3.8, 4) is 11.5 Å². The number of hydrogen-bond acceptors (Lipinski definition) is 6. The van der Waals surface area contributed by atoms with Crippen molar-refractivity contribution < 1.29 is 23.9 Å². The van der Waals surface area contributed by atoms with E-state index in [0.29, 0.717) is 5.56 Å². The lowest BCUT2D eigenvalue weighted by Gasteiger charge is -2.26. The van der Waals surface area contributed by atoms with E-state index in [2.05, 4.69) is 0 Å². The van der Waals surface area contributed by atoms with E-state index >= 15 is 0 Å². The Labute approximate surface area is 141 Å². The molecule has 0 amide bonds. The molecular formula is C16H12ClNO6. The number of fused-ring (bicyclic) bond motifs is 1. The topological polar surface area (TPSA) is 87.9 Å². The maximum Gasteiger partial charge on any atom is 0.338 e. The van der Waals surface area contributed by atoms with Gasteiger partial charge in [-0.3, -0.25) is 10.1 Å². The molecule has 0 N–H and O–H groups in total. The normalized spacial score (nSPS) is 15.6. The van der Waals surface area contributed by atoms with E-state index in [4.69, 9.17) is 25.8 Å². The van der Waals surface area contributed by atoms with Crippen molar-refractivity contribution in [2.45, 2.75) is 6.10 Å². The highest BCUT2D eigenvalue weighted by Gasteiger charge is 2.30. The average Bonchev–Trinajstić information content (AvgIpc) is 2.59. The van der Waals surface area contributed by atoms with Gasteiger partial charge in [-0.2, -0.15) is 0 Å². The van der Waals surface area contributed by atoms with Gasteiger partial charge in [0.25, 0.3) is 0 Å². The van der Waals surface area contributed by atoms with Gasteiger partial charge in [-0.25, -0.2) is 4.79 Å². The maximum atomic E-state index is 11.9. The van der Waals surface area contributed by atoms with E-state index < -0.39 is 17.0 Å². The molecule has 124 valence electrons. The number of nitro groups is 1. The summed E-state index contributed by atoms with van der Waals surface area (Å²) < 4.78 is 16.2. The molecule has 3 rings (SSSR count). The number of carbonyl (C=O) groups is 1. The van der Waals surface area contributed by atoms with Crippen LogP contribution >= 0.6 is 11.6 Å². The van der Waals surface area contributed by atoms with Crippen molar-refractivity contribution in [3.63, 3.8) is 0 Å². The van der Waals surface area contributed by atoms with Crippen LogP contribution in [-0.4, -0.2) is 30.2 Å². The SMILES string of the molecule is O=C(OC[C@@H]1COc2c(cc(Cl)cc2[N+](=O)[O-])O1)c1ccccc1. The third-order valence-electron chi connectivity index (χ3n) is 3.31. The molecule has 0 saturated carbocycles. The number of nitrogens with zero attached hydrogens (tertiary/aromatic N) is 1. The predicted octanol–water partition coefficient (Wildman–Crippen LogP) is 3.25. The number of benzene rings is 2. The van der Waals surface area contributed by atoms with Gasteiger partial charge < -0.3 is 14.2 Å². The molecule has 1 aliphatic rings. The summed E-state index contributed by atoms with van der Waals surface area (Å²) >= 11 is 5.86. The maximum absolute atomic E-state index is 11.9. The van der Waals surface area contributed by atoms with Crippen LogP contribution in [-0.2, 0) is 4.74 Å². The molecule has 2 aromatic rings. The molecule has 0 aliphatic carbocycles. The Morgan fingerprint density at radius 3 is 2.79 bits per heavy atom. The fourth-order valence-corrected chi connectivity index (χ4v) is 2.42. The molecule has 8 heteroatoms. The van der Waals surface area contributed by atoms with Crippen molar-refractivity contribution >= 4 is 23.3 Å². The molecule has 0 fully saturated rings. The molecule has 0 spiro atoms. The van der Waals surface area contributed by atoms with E-state index in [0.717, 1.165) is 0 Å². The van der Waals surface area contributed by atoms with Crippen LogP contribution in [0.4, 0.5) is 5.69 Å². The summed E-state index contributed by atoms with van der Waals surface area (Å²) in [5.74, 6) is -0.307. The van der Waals surface area contributed by atoms with Gasteiger partial charge in [0, 0.05) is 12.1 Å². The monoisotopic (exact) mass is 349 g/mol. The number of nitro benzene ring substituents is 1. The molecule has 24 heavy (non-hydrogen) atoms. The third-order valence-corrected chi connectivity index (χ3v) is 3.53. The number of rotatable bonds is 4. The summed E-state index contributed by atoms with van der Waals surface area (Å²) in [7, 11) is 0. The minimum atomic E-state index is -0.593. The fraction of sp³-hybridized carbons (Fsp3) is 0.188. The lowest BCUT2D eigenvalue weighted by Crippen LogP contribution is -2.34. The van der Waals surface area contributed by atoms with E-state index in [1.807, 2.05) is 0 Å². The first kappa shape index (κ1) is 16.1. The largest absolute Gasteiger partial charge is 0.480 e. The molecular weight excluding hydrogens is 338 g/mol. The van der Waals surface area contributed by atoms with Gasteiger partial charge in [0.2, 0.25) is 5.75 Å². The van der Waals surface area contributed by atoms with Crippen molar-refractivity contribution in [1.82, 2.24) is 0 Å². The summed E-state index contributed by atoms with van der Waals surface area (Å²) in [6, 6.07) is 11.2. The quantitative estimate of drug-likeness (QED) is 0.478. The Morgan fingerprint density at radius 1 is 1.33 bits per heavy atom. The first-order valence-corrected chi connectivity index (χ1v) is 7.42. The van der Waals surface area contributed by atoms with Crippen LogP contribution in [0.1, 0.15) is 10.4 Å². The Hall–Kier alpha value is -2.80. The third kappa shape index (κ3) is 3.41. The first-order chi connectivity index (χ1) is 11.5. The highest BCUT2D eigenvalue weighted by atomic mass is 35.5. The smallest absolute Gasteiger partial charge is 0.338 e. The lowest BCUT2D eigenvalue weighted by molar-refractivity contribution is -0.386. The minimum Gasteiger partial charge on any atom is -0.480 e. The fourth-order valence-electron chi connectivity index (χ4n) is 2.22. The van der Waals surface area contributed by atoms with Gasteiger partial charge in [0.1, 0.15) is 13.2 Å². The molecule has 1 atom stereocenters. The second kappa shape index (κ2) is 6.76. The second-order valence-electron chi connectivity index (χ2n) is 5.02. The molecule has 7 nitrogen and oxygen atoms in total. The molecule has 0 radical (unpaired) electrons. The zero-order chi connectivity index (χ0) is 17.1. The Morgan fingerprint density at radius 2 is 2.08 bits per heavy atom. The van der Waals surface area contributed by atoms with Crippen molar-refractivity contribution in [3.05, 3.63) is 63.2 Å². The van der Waals surface area contributed by atoms with E-state index in [1.165, 1.54) is 12.1 Å². The van der Waals surface area contributed by atoms with Crippen LogP contribution in [0.15, 0.2) is 42.5 Å². The lowest BCUT2D eigenvalue weighted by atomic mass is 10.2. The number of carbonyl (C=O) groups excluding carboxylic acids is 1. The van der Waals surface area contributed by atoms with Crippen LogP contribution in [0.25, 0.3) is 0 Å². The average molecular weight is 350 g/mol. The number of esters is 1. The van der Waals surface area contributed by atoms with Crippen molar-refractivity contribution in [2.75, 3.05) is 13.2 Å². The van der Waals surface area contributed by atoms with Crippen LogP contribution in [0.3, 0.4) is 0 Å². The van der Waals surface area contributed by atoms with E-state index in [-0.39, 0.29) is 35.4 Å². The summed E-state index contributed by atoms with van der Waals surface area (Å²) in [5, 5.41) is 11.2. The van der Waals surface area contributed by atoms with Crippen LogP contribution in [0.5, 0.6) is 11.5 Å². The van der Waals surface area contributed by atoms with Gasteiger partial charge >= 0.3 is 11.7 Å². The van der Waals surface area contributed by atoms with Gasteiger partial charge in [-0.1, -0.05) is 29.8 Å². The molecule has 0 bridgehead atoms. The molecule has 0 aromatic heterocycles. The molecule has 0 saturated heterocycles. The molecule has 1 heterocycles. The standard InChI is InChI=1S/C16H12ClNO6/c17-11-6-13(18(20)21)15-14(7-11)24-12(8-22-15)9-23-16(19)10-4-2-1-3-5-10/h1-7,12H,8-9H2/t12-/m0/s1. The van der Waals surface area contributed by atoms with Crippen LogP contribution < -0.4 is 9.47 Å². The highest BCUT2D eigenvalue weighted by Crippen LogP contribution is 2.42. The summed E-state index contributed by atoms with van der Waals surface area (Å²) in [4.78, 5) is 22.3. The number of hydrogen-bond donors (Lipinski definition) is 0. The molecule has 0 unspecified atom stereocenters. The van der Waals surface area contributed by atoms with Gasteiger partial charge in [-0.15, -0.1) is 0 Å². The van der Waals surface area contributed by atoms with Crippen molar-refractivity contribution in [2.24, 2.45) is 0 Å². The minimum absolute atomic E-state index is 0.0232. The van der Waals surface area contributed by atoms with Gasteiger partial charge in [0.15, 0.2) is 11.9 Å². The Kier molecular flexibility index (Phi) is 4.52. The van der Waals surface area contributed by atoms with Crippen LogP contribution in [0, 0.1) is 10.1 Å². The van der Waals surface area contributed by atoms with E-state index in [1.54, 1.807) is 30.3 Å². The summed E-state index contributed by atoms with van der Waals surface area (Å²) in [6.07, 6.45) is -0.580. The van der Waals surface area contributed by atoms with Gasteiger partial charge in [0.05, 0.1) is 15.5 Å². The van der Waals surface area contributed by atoms with Crippen LogP contribution in [0.2, 0.25) is 5.02 Å². The first-order valence-electron chi connectivity index (χ1n) is 7.04. The number of ether oxygens (including phenoxy) is 3. The summed E-state index contributed by atoms with van der Waals surface area (Å²) in [5.41, 5.74) is 0.158. The molecule has 2 aromatic carbocycles. The zero-order valence-electron chi connectivity index (χ0n) is 12.3. The predicted molar refractivity (Wildman–Crippen MR) is 84.7 cm³/mol. The van der Waals surface area contributed by atoms with E-state index in [9.17, 15) is 14.9 Å². The summed E-state index contributed by atoms with van der Waals surface area (Å²) in [6.45, 7) is -0.0228. The molecule has 1 aliphatic heterocycles. The van der Waals surface area contributed by atoms with Gasteiger partial charge in [-0.05, 0) is 12.1 Å². The Balaban J connectivity index is 1.67. The van der Waals surface area contributed by atoms with Crippen molar-refractivity contribution in [1.29, 1.82) is 0 Å². The second-order valence-corrected chi connectivity index (χ2v) is 5.46. The zero-order valence-corrected chi connectivity index (χ0v) is 13.1. The highest BCUT2D eigenvalue weighted by molar-refractivity contribution is 6.31. The number of halogens is 1.